The highest BCUT2D eigenvalue weighted by atomic mass is 32.1. The Bertz CT molecular complexity index is 1170. The molecule has 1 amide bonds. The molecule has 34 heavy (non-hydrogen) atoms. The molecule has 1 aromatic carbocycles. The summed E-state index contributed by atoms with van der Waals surface area (Å²) in [5, 5.41) is 7.57. The van der Waals surface area contributed by atoms with E-state index in [0.29, 0.717) is 28.1 Å². The van der Waals surface area contributed by atoms with Gasteiger partial charge in [0, 0.05) is 34.1 Å². The van der Waals surface area contributed by atoms with Gasteiger partial charge >= 0.3 is 0 Å². The summed E-state index contributed by atoms with van der Waals surface area (Å²) >= 11 is 1.28. The average molecular weight is 492 g/mol. The zero-order valence-corrected chi connectivity index (χ0v) is 19.8. The number of carbonyl (C=O) groups excluding carboxylic acids is 1. The number of alkyl halides is 3. The number of piperidine rings is 1. The molecule has 2 aliphatic rings. The van der Waals surface area contributed by atoms with Crippen molar-refractivity contribution in [3.8, 4) is 10.7 Å². The number of nitrogens with one attached hydrogen (secondary N) is 2. The number of nitrogens with zero attached hydrogens (tertiary/aromatic N) is 3. The highest BCUT2D eigenvalue weighted by molar-refractivity contribution is 7.15. The van der Waals surface area contributed by atoms with Gasteiger partial charge in [-0.25, -0.2) is 18.2 Å². The van der Waals surface area contributed by atoms with Gasteiger partial charge in [0.2, 0.25) is 12.2 Å². The van der Waals surface area contributed by atoms with Crippen LogP contribution in [0.2, 0.25) is 0 Å². The molecule has 3 heterocycles. The molecule has 1 atom stereocenters. The molecule has 1 saturated heterocycles. The molecule has 2 fully saturated rings. The van der Waals surface area contributed by atoms with Crippen LogP contribution in [0.4, 0.5) is 18.9 Å². The molecule has 2 N–H and O–H groups in total. The van der Waals surface area contributed by atoms with E-state index in [0.717, 1.165) is 53.9 Å². The van der Waals surface area contributed by atoms with Crippen LogP contribution < -0.4 is 10.6 Å². The van der Waals surface area contributed by atoms with Crippen LogP contribution in [0, 0.1) is 5.92 Å². The van der Waals surface area contributed by atoms with Crippen molar-refractivity contribution >= 4 is 33.8 Å². The highest BCUT2D eigenvalue weighted by Crippen LogP contribution is 2.39. The van der Waals surface area contributed by atoms with E-state index in [4.69, 9.17) is 0 Å². The van der Waals surface area contributed by atoms with Crippen LogP contribution in [0.15, 0.2) is 30.5 Å². The SMILES string of the molecule is CN1CCC(Nc2cccc3c2cc(-c2ncc(CNC(=O)C4CC4)s2)n3C(F)C(F)F)CC1. The summed E-state index contributed by atoms with van der Waals surface area (Å²) in [6.45, 7) is 2.29. The van der Waals surface area contributed by atoms with Crippen molar-refractivity contribution in [2.45, 2.75) is 51.0 Å². The molecule has 1 unspecified atom stereocenters. The molecule has 6 nitrogen and oxygen atoms in total. The first-order valence-electron chi connectivity index (χ1n) is 11.6. The van der Waals surface area contributed by atoms with Gasteiger partial charge in [0.25, 0.3) is 6.43 Å². The van der Waals surface area contributed by atoms with Crippen LogP contribution in [-0.2, 0) is 11.3 Å². The maximum Gasteiger partial charge on any atom is 0.288 e. The van der Waals surface area contributed by atoms with Crippen molar-refractivity contribution in [3.05, 3.63) is 35.3 Å². The van der Waals surface area contributed by atoms with Gasteiger partial charge in [0.15, 0.2) is 0 Å². The van der Waals surface area contributed by atoms with Crippen LogP contribution >= 0.6 is 11.3 Å². The summed E-state index contributed by atoms with van der Waals surface area (Å²) < 4.78 is 43.0. The van der Waals surface area contributed by atoms with E-state index in [2.05, 4.69) is 27.6 Å². The van der Waals surface area contributed by atoms with Gasteiger partial charge in [-0.15, -0.1) is 11.3 Å². The fourth-order valence-electron chi connectivity index (χ4n) is 4.46. The first kappa shape index (κ1) is 23.2. The summed E-state index contributed by atoms with van der Waals surface area (Å²) in [4.78, 5) is 19.4. The third-order valence-electron chi connectivity index (χ3n) is 6.57. The Morgan fingerprint density at radius 1 is 1.21 bits per heavy atom. The number of benzene rings is 1. The van der Waals surface area contributed by atoms with Crippen molar-refractivity contribution < 1.29 is 18.0 Å². The first-order chi connectivity index (χ1) is 16.4. The van der Waals surface area contributed by atoms with E-state index in [-0.39, 0.29) is 17.9 Å². The van der Waals surface area contributed by atoms with Crippen molar-refractivity contribution in [2.75, 3.05) is 25.5 Å². The maximum atomic E-state index is 14.9. The molecule has 2 aromatic heterocycles. The lowest BCUT2D eigenvalue weighted by molar-refractivity contribution is -0.122. The smallest absolute Gasteiger partial charge is 0.288 e. The molecule has 0 bridgehead atoms. The van der Waals surface area contributed by atoms with Gasteiger partial charge in [0.05, 0.1) is 17.8 Å². The summed E-state index contributed by atoms with van der Waals surface area (Å²) in [5.74, 6) is 0.124. The van der Waals surface area contributed by atoms with Gasteiger partial charge in [0.1, 0.15) is 5.01 Å². The number of likely N-dealkylation sites (tertiary alicyclic amines) is 1. The number of amides is 1. The Labute approximate surface area is 200 Å². The van der Waals surface area contributed by atoms with Crippen LogP contribution in [0.3, 0.4) is 0 Å². The zero-order valence-electron chi connectivity index (χ0n) is 18.9. The lowest BCUT2D eigenvalue weighted by atomic mass is 10.0. The Morgan fingerprint density at radius 3 is 2.68 bits per heavy atom. The number of hydrogen-bond donors (Lipinski definition) is 2. The van der Waals surface area contributed by atoms with E-state index >= 15 is 0 Å². The van der Waals surface area contributed by atoms with Crippen molar-refractivity contribution in [1.82, 2.24) is 19.8 Å². The number of anilines is 1. The average Bonchev–Trinajstić information content (AvgIpc) is 3.45. The minimum Gasteiger partial charge on any atom is -0.382 e. The minimum atomic E-state index is -3.17. The lowest BCUT2D eigenvalue weighted by Crippen LogP contribution is -2.36. The number of thiazole rings is 1. The normalized spacial score (nSPS) is 18.5. The molecule has 1 aliphatic carbocycles. The molecular formula is C24H28F3N5OS. The first-order valence-corrected chi connectivity index (χ1v) is 12.5. The van der Waals surface area contributed by atoms with Crippen LogP contribution in [-0.4, -0.2) is 53.0 Å². The van der Waals surface area contributed by atoms with Crippen molar-refractivity contribution in [3.63, 3.8) is 0 Å². The van der Waals surface area contributed by atoms with Gasteiger partial charge in [-0.2, -0.15) is 0 Å². The summed E-state index contributed by atoms with van der Waals surface area (Å²) in [5.41, 5.74) is 1.52. The number of rotatable bonds is 8. The van der Waals surface area contributed by atoms with Gasteiger partial charge < -0.3 is 20.1 Å². The number of carbonyl (C=O) groups is 1. The van der Waals surface area contributed by atoms with Crippen LogP contribution in [0.25, 0.3) is 21.6 Å². The number of halogens is 3. The minimum absolute atomic E-state index is 0.0233. The summed E-state index contributed by atoms with van der Waals surface area (Å²) in [7, 11) is 2.09. The zero-order chi connectivity index (χ0) is 23.8. The topological polar surface area (TPSA) is 62.2 Å². The number of hydrogen-bond acceptors (Lipinski definition) is 5. The van der Waals surface area contributed by atoms with Crippen LogP contribution in [0.5, 0.6) is 0 Å². The molecule has 0 radical (unpaired) electrons. The van der Waals surface area contributed by atoms with Crippen molar-refractivity contribution in [2.24, 2.45) is 5.92 Å². The van der Waals surface area contributed by atoms with E-state index in [9.17, 15) is 18.0 Å². The second kappa shape index (κ2) is 9.58. The Hall–Kier alpha value is -2.59. The monoisotopic (exact) mass is 491 g/mol. The van der Waals surface area contributed by atoms with E-state index < -0.39 is 12.7 Å². The largest absolute Gasteiger partial charge is 0.382 e. The third-order valence-corrected chi connectivity index (χ3v) is 7.59. The van der Waals surface area contributed by atoms with E-state index in [1.165, 1.54) is 11.3 Å². The Balaban J connectivity index is 1.46. The van der Waals surface area contributed by atoms with Gasteiger partial charge in [-0.1, -0.05) is 6.07 Å². The molecule has 10 heteroatoms. The Kier molecular flexibility index (Phi) is 6.52. The maximum absolute atomic E-state index is 14.9. The number of aromatic nitrogens is 2. The quantitative estimate of drug-likeness (QED) is 0.464. The fourth-order valence-corrected chi connectivity index (χ4v) is 5.33. The molecular weight excluding hydrogens is 463 g/mol. The number of fused-ring (bicyclic) bond motifs is 1. The third kappa shape index (κ3) is 4.79. The van der Waals surface area contributed by atoms with E-state index in [1.807, 2.05) is 6.07 Å². The van der Waals surface area contributed by atoms with Crippen LogP contribution in [0.1, 0.15) is 36.9 Å². The van der Waals surface area contributed by atoms with E-state index in [1.54, 1.807) is 24.4 Å². The molecule has 182 valence electrons. The molecule has 5 rings (SSSR count). The molecule has 1 saturated carbocycles. The molecule has 1 aliphatic heterocycles. The Morgan fingerprint density at radius 2 is 1.97 bits per heavy atom. The highest BCUT2D eigenvalue weighted by Gasteiger charge is 2.30. The standard InChI is InChI=1S/C24H28F3N5OS/c1-31-9-7-15(8-10-31)30-18-3-2-4-19-17(18)11-20(32(19)22(27)21(25)26)24-29-13-16(34-24)12-28-23(33)14-5-6-14/h2-4,11,13-15,21-22,30H,5-10,12H2,1H3,(H,28,33). The summed E-state index contributed by atoms with van der Waals surface area (Å²) in [6, 6.07) is 7.35. The summed E-state index contributed by atoms with van der Waals surface area (Å²) in [6.07, 6.45) is -0.261. The molecule has 3 aromatic rings. The predicted octanol–water partition coefficient (Wildman–Crippen LogP) is 5.03. The predicted molar refractivity (Wildman–Crippen MR) is 128 cm³/mol. The molecule has 0 spiro atoms. The fraction of sp³-hybridized carbons (Fsp3) is 0.500. The lowest BCUT2D eigenvalue weighted by Gasteiger charge is -2.30. The van der Waals surface area contributed by atoms with Gasteiger partial charge in [-0.05, 0) is 64.0 Å². The van der Waals surface area contributed by atoms with Gasteiger partial charge in [-0.3, -0.25) is 4.79 Å². The van der Waals surface area contributed by atoms with Crippen molar-refractivity contribution in [1.29, 1.82) is 0 Å². The second-order valence-electron chi connectivity index (χ2n) is 9.19. The second-order valence-corrected chi connectivity index (χ2v) is 10.3.